The van der Waals surface area contributed by atoms with E-state index >= 15 is 0 Å². The van der Waals surface area contributed by atoms with E-state index in [0.29, 0.717) is 24.3 Å². The van der Waals surface area contributed by atoms with Crippen LogP contribution < -0.4 is 0 Å². The zero-order valence-corrected chi connectivity index (χ0v) is 19.0. The zero-order valence-electron chi connectivity index (χ0n) is 18.2. The van der Waals surface area contributed by atoms with Gasteiger partial charge in [-0.25, -0.2) is 8.42 Å². The highest BCUT2D eigenvalue weighted by atomic mass is 32.2. The summed E-state index contributed by atoms with van der Waals surface area (Å²) in [6.07, 6.45) is 0.853. The lowest BCUT2D eigenvalue weighted by atomic mass is 9.98. The lowest BCUT2D eigenvalue weighted by Crippen LogP contribution is -2.40. The van der Waals surface area contributed by atoms with Gasteiger partial charge in [-0.3, -0.25) is 9.59 Å². The third kappa shape index (κ3) is 5.60. The van der Waals surface area contributed by atoms with Crippen molar-refractivity contribution in [3.05, 3.63) is 65.2 Å². The van der Waals surface area contributed by atoms with Gasteiger partial charge in [-0.2, -0.15) is 4.31 Å². The zero-order chi connectivity index (χ0) is 22.6. The van der Waals surface area contributed by atoms with Crippen LogP contribution in [0.1, 0.15) is 61.0 Å². The van der Waals surface area contributed by atoms with E-state index < -0.39 is 10.0 Å². The molecule has 0 aromatic heterocycles. The second-order valence-corrected chi connectivity index (χ2v) is 10.2. The molecule has 6 nitrogen and oxygen atoms in total. The molecule has 31 heavy (non-hydrogen) atoms. The van der Waals surface area contributed by atoms with Gasteiger partial charge in [-0.1, -0.05) is 50.2 Å². The van der Waals surface area contributed by atoms with Crippen molar-refractivity contribution in [3.63, 3.8) is 0 Å². The number of carbonyl (C=O) groups excluding carboxylic acids is 2. The van der Waals surface area contributed by atoms with Gasteiger partial charge in [0.25, 0.3) is 0 Å². The van der Waals surface area contributed by atoms with Gasteiger partial charge >= 0.3 is 5.97 Å². The molecule has 3 rings (SSSR count). The van der Waals surface area contributed by atoms with Crippen molar-refractivity contribution in [1.82, 2.24) is 4.31 Å². The lowest BCUT2D eigenvalue weighted by Gasteiger charge is -2.30. The number of nitrogens with zero attached hydrogens (tertiary/aromatic N) is 1. The molecule has 1 fully saturated rings. The van der Waals surface area contributed by atoms with E-state index in [1.54, 1.807) is 0 Å². The minimum absolute atomic E-state index is 0.112. The molecule has 0 aliphatic carbocycles. The largest absolute Gasteiger partial charge is 0.461 e. The highest BCUT2D eigenvalue weighted by molar-refractivity contribution is 7.89. The molecule has 2 aromatic carbocycles. The number of hydrogen-bond donors (Lipinski definition) is 0. The summed E-state index contributed by atoms with van der Waals surface area (Å²) < 4.78 is 32.6. The maximum atomic E-state index is 12.9. The topological polar surface area (TPSA) is 80.8 Å². The number of piperidine rings is 1. The molecule has 0 saturated carbocycles. The fourth-order valence-electron chi connectivity index (χ4n) is 3.61. The molecule has 0 amide bonds. The fraction of sp³-hybridized carbons (Fsp3) is 0.417. The first-order valence-corrected chi connectivity index (χ1v) is 12.0. The van der Waals surface area contributed by atoms with E-state index in [9.17, 15) is 18.0 Å². The van der Waals surface area contributed by atoms with Gasteiger partial charge in [0.15, 0.2) is 5.78 Å². The molecule has 0 N–H and O–H groups in total. The first kappa shape index (κ1) is 23.2. The van der Waals surface area contributed by atoms with Crippen molar-refractivity contribution in [2.24, 2.45) is 5.92 Å². The molecular weight excluding hydrogens is 414 g/mol. The van der Waals surface area contributed by atoms with Crippen LogP contribution in [0.3, 0.4) is 0 Å². The monoisotopic (exact) mass is 443 g/mol. The van der Waals surface area contributed by atoms with Crippen molar-refractivity contribution < 1.29 is 22.7 Å². The number of Topliss-reactive ketones (excluding diaryl/α,β-unsaturated/α-hetero) is 1. The summed E-state index contributed by atoms with van der Waals surface area (Å²) in [5.41, 5.74) is 2.64. The summed E-state index contributed by atoms with van der Waals surface area (Å²) in [6.45, 7) is 6.44. The highest BCUT2D eigenvalue weighted by Crippen LogP contribution is 2.25. The van der Waals surface area contributed by atoms with E-state index in [1.807, 2.05) is 24.3 Å². The SMILES string of the molecule is CC(=O)c1ccc(S(=O)(=O)N2CCC(C(=O)OCc3ccc(C(C)C)cc3)CC2)cc1. The highest BCUT2D eigenvalue weighted by Gasteiger charge is 2.32. The molecule has 0 spiro atoms. The lowest BCUT2D eigenvalue weighted by molar-refractivity contribution is -0.151. The van der Waals surface area contributed by atoms with Crippen LogP contribution in [0.5, 0.6) is 0 Å². The third-order valence-electron chi connectivity index (χ3n) is 5.71. The molecule has 7 heteroatoms. The van der Waals surface area contributed by atoms with E-state index in [4.69, 9.17) is 4.74 Å². The fourth-order valence-corrected chi connectivity index (χ4v) is 5.08. The Morgan fingerprint density at radius 2 is 1.58 bits per heavy atom. The van der Waals surface area contributed by atoms with E-state index in [-0.39, 0.29) is 42.3 Å². The van der Waals surface area contributed by atoms with Crippen molar-refractivity contribution in [2.75, 3.05) is 13.1 Å². The van der Waals surface area contributed by atoms with Crippen LogP contribution in [0.4, 0.5) is 0 Å². The number of hydrogen-bond acceptors (Lipinski definition) is 5. The Kier molecular flexibility index (Phi) is 7.28. The number of benzene rings is 2. The van der Waals surface area contributed by atoms with Crippen LogP contribution in [0, 0.1) is 5.92 Å². The van der Waals surface area contributed by atoms with Crippen LogP contribution in [-0.2, 0) is 26.2 Å². The van der Waals surface area contributed by atoms with Gasteiger partial charge in [0.1, 0.15) is 6.61 Å². The minimum Gasteiger partial charge on any atom is -0.461 e. The second kappa shape index (κ2) is 9.75. The Hall–Kier alpha value is -2.51. The van der Waals surface area contributed by atoms with Crippen LogP contribution in [-0.4, -0.2) is 37.6 Å². The first-order chi connectivity index (χ1) is 14.7. The van der Waals surface area contributed by atoms with Crippen LogP contribution in [0.2, 0.25) is 0 Å². The number of ketones is 1. The summed E-state index contributed by atoms with van der Waals surface area (Å²) in [5.74, 6) is -0.249. The number of esters is 1. The van der Waals surface area contributed by atoms with E-state index in [1.165, 1.54) is 41.1 Å². The number of carbonyl (C=O) groups is 2. The van der Waals surface area contributed by atoms with E-state index in [2.05, 4.69) is 13.8 Å². The standard InChI is InChI=1S/C24H29NO5S/c1-17(2)20-6-4-19(5-7-20)16-30-24(27)22-12-14-25(15-13-22)31(28,29)23-10-8-21(9-11-23)18(3)26/h4-11,17,22H,12-16H2,1-3H3. The number of rotatable bonds is 7. The second-order valence-electron chi connectivity index (χ2n) is 8.26. The summed E-state index contributed by atoms with van der Waals surface area (Å²) in [7, 11) is -3.65. The van der Waals surface area contributed by atoms with Crippen molar-refractivity contribution >= 4 is 21.8 Å². The first-order valence-electron chi connectivity index (χ1n) is 10.5. The average molecular weight is 444 g/mol. The van der Waals surface area contributed by atoms with Crippen LogP contribution in [0.25, 0.3) is 0 Å². The summed E-state index contributed by atoms with van der Waals surface area (Å²) in [4.78, 5) is 24.0. The molecule has 0 atom stereocenters. The predicted molar refractivity (Wildman–Crippen MR) is 118 cm³/mol. The molecule has 0 radical (unpaired) electrons. The van der Waals surface area contributed by atoms with Gasteiger partial charge < -0.3 is 4.74 Å². The smallest absolute Gasteiger partial charge is 0.309 e. The predicted octanol–water partition coefficient (Wildman–Crippen LogP) is 4.16. The molecule has 1 aliphatic rings. The molecular formula is C24H29NO5S. The minimum atomic E-state index is -3.65. The maximum absolute atomic E-state index is 12.9. The quantitative estimate of drug-likeness (QED) is 0.474. The number of ether oxygens (including phenoxy) is 1. The van der Waals surface area contributed by atoms with Crippen molar-refractivity contribution in [3.8, 4) is 0 Å². The van der Waals surface area contributed by atoms with Gasteiger partial charge in [0.2, 0.25) is 10.0 Å². The van der Waals surface area contributed by atoms with Crippen LogP contribution in [0.15, 0.2) is 53.4 Å². The van der Waals surface area contributed by atoms with Crippen molar-refractivity contribution in [1.29, 1.82) is 0 Å². The summed E-state index contributed by atoms with van der Waals surface area (Å²) in [5, 5.41) is 0. The average Bonchev–Trinajstić information content (AvgIpc) is 2.77. The summed E-state index contributed by atoms with van der Waals surface area (Å²) in [6, 6.07) is 14.0. The normalized spacial score (nSPS) is 15.7. The van der Waals surface area contributed by atoms with E-state index in [0.717, 1.165) is 5.56 Å². The van der Waals surface area contributed by atoms with Crippen LogP contribution >= 0.6 is 0 Å². The Bertz CT molecular complexity index is 1020. The molecule has 1 aliphatic heterocycles. The molecule has 0 unspecified atom stereocenters. The maximum Gasteiger partial charge on any atom is 0.309 e. The Morgan fingerprint density at radius 1 is 1.00 bits per heavy atom. The van der Waals surface area contributed by atoms with Gasteiger partial charge in [0, 0.05) is 18.7 Å². The van der Waals surface area contributed by atoms with Crippen molar-refractivity contribution in [2.45, 2.75) is 51.0 Å². The molecule has 1 saturated heterocycles. The summed E-state index contributed by atoms with van der Waals surface area (Å²) >= 11 is 0. The van der Waals surface area contributed by atoms with Gasteiger partial charge in [-0.15, -0.1) is 0 Å². The third-order valence-corrected chi connectivity index (χ3v) is 7.63. The Morgan fingerprint density at radius 3 is 2.10 bits per heavy atom. The van der Waals surface area contributed by atoms with Gasteiger partial charge in [0.05, 0.1) is 10.8 Å². The Labute approximate surface area is 184 Å². The molecule has 0 bridgehead atoms. The molecule has 2 aromatic rings. The Balaban J connectivity index is 1.53. The number of sulfonamides is 1. The van der Waals surface area contributed by atoms with Gasteiger partial charge in [-0.05, 0) is 48.9 Å². The molecule has 166 valence electrons. The molecule has 1 heterocycles.